The number of pyridine rings is 1. The Hall–Kier alpha value is -1.38. The standard InChI is InChI=1S/C10H13NO2/c1-8-6-10(13-2)11-7-9(8)4-3-5-12/h5-7H,3-4H2,1-2H3. The van der Waals surface area contributed by atoms with E-state index in [-0.39, 0.29) is 0 Å². The molecule has 0 radical (unpaired) electrons. The van der Waals surface area contributed by atoms with Crippen LogP contribution in [0.2, 0.25) is 0 Å². The average Bonchev–Trinajstić information content (AvgIpc) is 2.16. The Morgan fingerprint density at radius 2 is 2.38 bits per heavy atom. The fourth-order valence-corrected chi connectivity index (χ4v) is 1.15. The zero-order valence-electron chi connectivity index (χ0n) is 7.91. The Morgan fingerprint density at radius 1 is 1.62 bits per heavy atom. The van der Waals surface area contributed by atoms with Gasteiger partial charge in [0, 0.05) is 18.7 Å². The number of aldehydes is 1. The second-order valence-electron chi connectivity index (χ2n) is 2.86. The predicted molar refractivity (Wildman–Crippen MR) is 49.9 cm³/mol. The fraction of sp³-hybridized carbons (Fsp3) is 0.400. The fourth-order valence-electron chi connectivity index (χ4n) is 1.15. The number of methoxy groups -OCH3 is 1. The van der Waals surface area contributed by atoms with Crippen molar-refractivity contribution in [2.75, 3.05) is 7.11 Å². The van der Waals surface area contributed by atoms with Crippen LogP contribution in [-0.2, 0) is 11.2 Å². The monoisotopic (exact) mass is 179 g/mol. The Morgan fingerprint density at radius 3 is 2.92 bits per heavy atom. The van der Waals surface area contributed by atoms with Gasteiger partial charge in [-0.1, -0.05) is 0 Å². The summed E-state index contributed by atoms with van der Waals surface area (Å²) in [5.74, 6) is 0.618. The van der Waals surface area contributed by atoms with Crippen LogP contribution >= 0.6 is 0 Å². The molecule has 3 heteroatoms. The van der Waals surface area contributed by atoms with Crippen LogP contribution in [0.1, 0.15) is 17.5 Å². The van der Waals surface area contributed by atoms with E-state index in [1.54, 1.807) is 13.3 Å². The van der Waals surface area contributed by atoms with Crippen molar-refractivity contribution in [3.8, 4) is 5.88 Å². The van der Waals surface area contributed by atoms with Gasteiger partial charge in [0.2, 0.25) is 5.88 Å². The molecule has 0 fully saturated rings. The minimum absolute atomic E-state index is 0.550. The topological polar surface area (TPSA) is 39.2 Å². The Kier molecular flexibility index (Phi) is 3.43. The number of aromatic nitrogens is 1. The van der Waals surface area contributed by atoms with Crippen molar-refractivity contribution in [1.82, 2.24) is 4.98 Å². The molecule has 70 valence electrons. The van der Waals surface area contributed by atoms with Gasteiger partial charge in [0.25, 0.3) is 0 Å². The summed E-state index contributed by atoms with van der Waals surface area (Å²) in [6.07, 6.45) is 3.99. The molecule has 1 heterocycles. The molecule has 0 bridgehead atoms. The van der Waals surface area contributed by atoms with E-state index in [9.17, 15) is 4.79 Å². The molecule has 0 aliphatic heterocycles. The molecule has 0 aliphatic carbocycles. The van der Waals surface area contributed by atoms with Gasteiger partial charge < -0.3 is 9.53 Å². The second kappa shape index (κ2) is 4.60. The van der Waals surface area contributed by atoms with E-state index in [0.29, 0.717) is 12.3 Å². The number of rotatable bonds is 4. The second-order valence-corrected chi connectivity index (χ2v) is 2.86. The smallest absolute Gasteiger partial charge is 0.213 e. The van der Waals surface area contributed by atoms with Gasteiger partial charge in [0.15, 0.2) is 0 Å². The maximum atomic E-state index is 10.2. The molecule has 0 spiro atoms. The van der Waals surface area contributed by atoms with Gasteiger partial charge in [-0.05, 0) is 24.5 Å². The quantitative estimate of drug-likeness (QED) is 0.658. The molecule has 0 unspecified atom stereocenters. The van der Waals surface area contributed by atoms with Gasteiger partial charge in [0.1, 0.15) is 6.29 Å². The van der Waals surface area contributed by atoms with Gasteiger partial charge >= 0.3 is 0 Å². The van der Waals surface area contributed by atoms with Gasteiger partial charge in [-0.15, -0.1) is 0 Å². The molecule has 0 amide bonds. The van der Waals surface area contributed by atoms with Gasteiger partial charge in [-0.2, -0.15) is 0 Å². The number of ether oxygens (including phenoxy) is 1. The van der Waals surface area contributed by atoms with E-state index >= 15 is 0 Å². The maximum Gasteiger partial charge on any atom is 0.213 e. The normalized spacial score (nSPS) is 9.69. The van der Waals surface area contributed by atoms with Crippen LogP contribution in [0, 0.1) is 6.92 Å². The van der Waals surface area contributed by atoms with E-state index in [1.165, 1.54) is 0 Å². The Labute approximate surface area is 77.8 Å². The first-order valence-corrected chi connectivity index (χ1v) is 4.21. The van der Waals surface area contributed by atoms with E-state index in [4.69, 9.17) is 4.74 Å². The molecule has 1 aromatic rings. The summed E-state index contributed by atoms with van der Waals surface area (Å²) < 4.78 is 4.97. The molecule has 0 aromatic carbocycles. The van der Waals surface area contributed by atoms with Crippen LogP contribution in [0.4, 0.5) is 0 Å². The van der Waals surface area contributed by atoms with Crippen LogP contribution < -0.4 is 4.74 Å². The lowest BCUT2D eigenvalue weighted by Crippen LogP contribution is -1.94. The highest BCUT2D eigenvalue weighted by Gasteiger charge is 2.00. The Bertz CT molecular complexity index is 297. The van der Waals surface area contributed by atoms with Crippen LogP contribution in [0.3, 0.4) is 0 Å². The molecule has 0 N–H and O–H groups in total. The molecule has 0 atom stereocenters. The third kappa shape index (κ3) is 2.54. The largest absolute Gasteiger partial charge is 0.481 e. The molecule has 0 aliphatic rings. The van der Waals surface area contributed by atoms with Crippen molar-refractivity contribution < 1.29 is 9.53 Å². The molecular formula is C10H13NO2. The maximum absolute atomic E-state index is 10.2. The van der Waals surface area contributed by atoms with Crippen molar-refractivity contribution in [3.63, 3.8) is 0 Å². The number of carbonyl (C=O) groups is 1. The lowest BCUT2D eigenvalue weighted by Gasteiger charge is -2.04. The van der Waals surface area contributed by atoms with E-state index in [1.807, 2.05) is 13.0 Å². The highest BCUT2D eigenvalue weighted by molar-refractivity contribution is 5.50. The first-order valence-electron chi connectivity index (χ1n) is 4.21. The summed E-state index contributed by atoms with van der Waals surface area (Å²) in [7, 11) is 1.59. The lowest BCUT2D eigenvalue weighted by atomic mass is 10.1. The minimum Gasteiger partial charge on any atom is -0.481 e. The van der Waals surface area contributed by atoms with Crippen molar-refractivity contribution in [1.29, 1.82) is 0 Å². The molecule has 3 nitrogen and oxygen atoms in total. The number of hydrogen-bond acceptors (Lipinski definition) is 3. The molecule has 1 rings (SSSR count). The third-order valence-electron chi connectivity index (χ3n) is 1.93. The van der Waals surface area contributed by atoms with Gasteiger partial charge in [0.05, 0.1) is 7.11 Å². The lowest BCUT2D eigenvalue weighted by molar-refractivity contribution is -0.107. The minimum atomic E-state index is 0.550. The first-order chi connectivity index (χ1) is 6.27. The van der Waals surface area contributed by atoms with Crippen molar-refractivity contribution >= 4 is 6.29 Å². The molecule has 0 saturated heterocycles. The summed E-state index contributed by atoms with van der Waals surface area (Å²) in [6, 6.07) is 1.88. The summed E-state index contributed by atoms with van der Waals surface area (Å²) in [4.78, 5) is 14.2. The van der Waals surface area contributed by atoms with Gasteiger partial charge in [-0.25, -0.2) is 4.98 Å². The number of hydrogen-bond donors (Lipinski definition) is 0. The number of nitrogens with zero attached hydrogens (tertiary/aromatic N) is 1. The molecular weight excluding hydrogens is 166 g/mol. The molecule has 13 heavy (non-hydrogen) atoms. The van der Waals surface area contributed by atoms with Crippen LogP contribution in [-0.4, -0.2) is 18.4 Å². The Balaban J connectivity index is 2.78. The summed E-state index contributed by atoms with van der Waals surface area (Å²) >= 11 is 0. The van der Waals surface area contributed by atoms with Gasteiger partial charge in [-0.3, -0.25) is 0 Å². The van der Waals surface area contributed by atoms with Crippen molar-refractivity contribution in [2.45, 2.75) is 19.8 Å². The van der Waals surface area contributed by atoms with Crippen LogP contribution in [0.5, 0.6) is 5.88 Å². The van der Waals surface area contributed by atoms with Crippen LogP contribution in [0.15, 0.2) is 12.3 Å². The van der Waals surface area contributed by atoms with Crippen molar-refractivity contribution in [2.24, 2.45) is 0 Å². The zero-order valence-corrected chi connectivity index (χ0v) is 7.91. The highest BCUT2D eigenvalue weighted by atomic mass is 16.5. The van der Waals surface area contributed by atoms with Crippen molar-refractivity contribution in [3.05, 3.63) is 23.4 Å². The first kappa shape index (κ1) is 9.71. The molecule has 0 saturated carbocycles. The highest BCUT2D eigenvalue weighted by Crippen LogP contribution is 2.14. The third-order valence-corrected chi connectivity index (χ3v) is 1.93. The van der Waals surface area contributed by atoms with E-state index in [2.05, 4.69) is 4.98 Å². The zero-order chi connectivity index (χ0) is 9.68. The number of carbonyl (C=O) groups excluding carboxylic acids is 1. The SMILES string of the molecule is COc1cc(C)c(CCC=O)cn1. The summed E-state index contributed by atoms with van der Waals surface area (Å²) in [6.45, 7) is 1.99. The van der Waals surface area contributed by atoms with Crippen LogP contribution in [0.25, 0.3) is 0 Å². The van der Waals surface area contributed by atoms with E-state index < -0.39 is 0 Å². The molecule has 1 aromatic heterocycles. The summed E-state index contributed by atoms with van der Waals surface area (Å²) in [5.41, 5.74) is 2.22. The average molecular weight is 179 g/mol. The summed E-state index contributed by atoms with van der Waals surface area (Å²) in [5, 5.41) is 0. The predicted octanol–water partition coefficient (Wildman–Crippen LogP) is 1.53. The number of aryl methyl sites for hydroxylation is 2. The van der Waals surface area contributed by atoms with E-state index in [0.717, 1.165) is 23.8 Å².